The summed E-state index contributed by atoms with van der Waals surface area (Å²) in [6.07, 6.45) is -4.45. The zero-order valence-electron chi connectivity index (χ0n) is 11.6. The number of rotatable bonds is 5. The van der Waals surface area contributed by atoms with E-state index in [0.29, 0.717) is 5.56 Å². The van der Waals surface area contributed by atoms with Gasteiger partial charge in [-0.15, -0.1) is 13.2 Å². The number of amides is 1. The van der Waals surface area contributed by atoms with E-state index in [2.05, 4.69) is 4.74 Å². The Balaban J connectivity index is 2.63. The predicted molar refractivity (Wildman–Crippen MR) is 69.3 cm³/mol. The molecule has 1 aromatic rings. The molecule has 0 aliphatic heterocycles. The number of halogens is 3. The van der Waals surface area contributed by atoms with Crippen LogP contribution in [0.25, 0.3) is 0 Å². The van der Waals surface area contributed by atoms with Gasteiger partial charge in [0.25, 0.3) is 0 Å². The average Bonchev–Trinajstić information content (AvgIpc) is 2.38. The molecular formula is C14H15F3N2O2. The number of alkyl halides is 3. The third kappa shape index (κ3) is 5.73. The van der Waals surface area contributed by atoms with Gasteiger partial charge in [-0.05, 0) is 24.6 Å². The second-order valence-electron chi connectivity index (χ2n) is 4.58. The SMILES string of the molecule is CC(CC#N)N(C)C(=O)Cc1ccc(OC(F)(F)F)cc1. The molecule has 0 saturated carbocycles. The molecule has 0 aliphatic carbocycles. The van der Waals surface area contributed by atoms with E-state index in [1.54, 1.807) is 14.0 Å². The largest absolute Gasteiger partial charge is 0.573 e. The third-order valence-corrected chi connectivity index (χ3v) is 2.95. The van der Waals surface area contributed by atoms with Gasteiger partial charge in [0.2, 0.25) is 5.91 Å². The van der Waals surface area contributed by atoms with Crippen molar-refractivity contribution in [3.63, 3.8) is 0 Å². The lowest BCUT2D eigenvalue weighted by atomic mass is 10.1. The van der Waals surface area contributed by atoms with Crippen molar-refractivity contribution >= 4 is 5.91 Å². The fraction of sp³-hybridized carbons (Fsp3) is 0.429. The summed E-state index contributed by atoms with van der Waals surface area (Å²) in [7, 11) is 1.59. The lowest BCUT2D eigenvalue weighted by Gasteiger charge is -2.23. The summed E-state index contributed by atoms with van der Waals surface area (Å²) in [5, 5.41) is 8.59. The number of nitrogens with zero attached hydrogens (tertiary/aromatic N) is 2. The lowest BCUT2D eigenvalue weighted by molar-refractivity contribution is -0.274. The van der Waals surface area contributed by atoms with Gasteiger partial charge < -0.3 is 9.64 Å². The Bertz CT molecular complexity index is 521. The molecule has 114 valence electrons. The monoisotopic (exact) mass is 300 g/mol. The first kappa shape index (κ1) is 16.8. The Morgan fingerprint density at radius 3 is 2.43 bits per heavy atom. The maximum absolute atomic E-state index is 12.0. The number of nitriles is 1. The van der Waals surface area contributed by atoms with Crippen molar-refractivity contribution in [1.29, 1.82) is 5.26 Å². The standard InChI is InChI=1S/C14H15F3N2O2/c1-10(7-8-18)19(2)13(20)9-11-3-5-12(6-4-11)21-14(15,16)17/h3-6,10H,7,9H2,1-2H3. The molecule has 0 spiro atoms. The Kier molecular flexibility index (Phi) is 5.59. The third-order valence-electron chi connectivity index (χ3n) is 2.95. The predicted octanol–water partition coefficient (Wildman–Crippen LogP) is 2.89. The minimum Gasteiger partial charge on any atom is -0.406 e. The summed E-state index contributed by atoms with van der Waals surface area (Å²) in [6.45, 7) is 1.75. The number of hydrogen-bond donors (Lipinski definition) is 0. The van der Waals surface area contributed by atoms with Crippen LogP contribution in [0.5, 0.6) is 5.75 Å². The normalized spacial score (nSPS) is 12.4. The molecule has 21 heavy (non-hydrogen) atoms. The van der Waals surface area contributed by atoms with Crippen LogP contribution in [0.3, 0.4) is 0 Å². The zero-order chi connectivity index (χ0) is 16.0. The highest BCUT2D eigenvalue weighted by Gasteiger charge is 2.31. The zero-order valence-corrected chi connectivity index (χ0v) is 11.6. The van der Waals surface area contributed by atoms with E-state index in [0.717, 1.165) is 12.1 Å². The number of likely N-dealkylation sites (N-methyl/N-ethyl adjacent to an activating group) is 1. The van der Waals surface area contributed by atoms with Crippen LogP contribution >= 0.6 is 0 Å². The van der Waals surface area contributed by atoms with Crippen LogP contribution in [0.4, 0.5) is 13.2 Å². The first-order valence-electron chi connectivity index (χ1n) is 6.20. The Morgan fingerprint density at radius 2 is 1.95 bits per heavy atom. The van der Waals surface area contributed by atoms with Crippen LogP contribution in [0.15, 0.2) is 24.3 Å². The summed E-state index contributed by atoms with van der Waals surface area (Å²) >= 11 is 0. The fourth-order valence-electron chi connectivity index (χ4n) is 1.62. The van der Waals surface area contributed by atoms with Crippen molar-refractivity contribution in [1.82, 2.24) is 4.90 Å². The van der Waals surface area contributed by atoms with Crippen molar-refractivity contribution in [3.05, 3.63) is 29.8 Å². The first-order chi connectivity index (χ1) is 9.73. The summed E-state index contributed by atoms with van der Waals surface area (Å²) < 4.78 is 39.8. The van der Waals surface area contributed by atoms with Crippen molar-refractivity contribution < 1.29 is 22.7 Å². The molecular weight excluding hydrogens is 285 g/mol. The summed E-state index contributed by atoms with van der Waals surface area (Å²) in [5.41, 5.74) is 0.575. The second-order valence-corrected chi connectivity index (χ2v) is 4.58. The smallest absolute Gasteiger partial charge is 0.406 e. The highest BCUT2D eigenvalue weighted by Crippen LogP contribution is 2.23. The van der Waals surface area contributed by atoms with Gasteiger partial charge in [-0.2, -0.15) is 5.26 Å². The molecule has 0 aliphatic rings. The van der Waals surface area contributed by atoms with E-state index in [1.807, 2.05) is 6.07 Å². The average molecular weight is 300 g/mol. The number of carbonyl (C=O) groups is 1. The van der Waals surface area contributed by atoms with E-state index in [1.165, 1.54) is 17.0 Å². The highest BCUT2D eigenvalue weighted by molar-refractivity contribution is 5.78. The van der Waals surface area contributed by atoms with Crippen molar-refractivity contribution in [2.45, 2.75) is 32.2 Å². The molecule has 0 fully saturated rings. The van der Waals surface area contributed by atoms with Gasteiger partial charge in [-0.1, -0.05) is 12.1 Å². The minimum atomic E-state index is -4.73. The Labute approximate surface area is 120 Å². The molecule has 4 nitrogen and oxygen atoms in total. The van der Waals surface area contributed by atoms with Crippen molar-refractivity contribution in [2.75, 3.05) is 7.05 Å². The van der Waals surface area contributed by atoms with Crippen LogP contribution in [-0.2, 0) is 11.2 Å². The molecule has 1 amide bonds. The van der Waals surface area contributed by atoms with Gasteiger partial charge in [0.15, 0.2) is 0 Å². The topological polar surface area (TPSA) is 53.3 Å². The van der Waals surface area contributed by atoms with Gasteiger partial charge in [0, 0.05) is 13.1 Å². The van der Waals surface area contributed by atoms with E-state index in [4.69, 9.17) is 5.26 Å². The number of benzene rings is 1. The maximum atomic E-state index is 12.0. The molecule has 1 rings (SSSR count). The van der Waals surface area contributed by atoms with Gasteiger partial charge in [0.1, 0.15) is 5.75 Å². The van der Waals surface area contributed by atoms with E-state index >= 15 is 0 Å². The molecule has 1 unspecified atom stereocenters. The quantitative estimate of drug-likeness (QED) is 0.840. The molecule has 0 radical (unpaired) electrons. The molecule has 0 N–H and O–H groups in total. The molecule has 0 heterocycles. The Hall–Kier alpha value is -2.23. The number of ether oxygens (including phenoxy) is 1. The second kappa shape index (κ2) is 6.97. The fourth-order valence-corrected chi connectivity index (χ4v) is 1.62. The molecule has 0 bridgehead atoms. The van der Waals surface area contributed by atoms with Crippen LogP contribution in [0.1, 0.15) is 18.9 Å². The lowest BCUT2D eigenvalue weighted by Crippen LogP contribution is -2.35. The molecule has 0 saturated heterocycles. The number of carbonyl (C=O) groups excluding carboxylic acids is 1. The summed E-state index contributed by atoms with van der Waals surface area (Å²) in [5.74, 6) is -0.535. The van der Waals surface area contributed by atoms with Crippen molar-refractivity contribution in [2.24, 2.45) is 0 Å². The molecule has 7 heteroatoms. The maximum Gasteiger partial charge on any atom is 0.573 e. The van der Waals surface area contributed by atoms with Crippen LogP contribution in [-0.4, -0.2) is 30.3 Å². The minimum absolute atomic E-state index is 0.0541. The van der Waals surface area contributed by atoms with E-state index in [9.17, 15) is 18.0 Å². The molecule has 0 aromatic heterocycles. The van der Waals surface area contributed by atoms with Gasteiger partial charge >= 0.3 is 6.36 Å². The molecule has 1 aromatic carbocycles. The highest BCUT2D eigenvalue weighted by atomic mass is 19.4. The van der Waals surface area contributed by atoms with Gasteiger partial charge in [0.05, 0.1) is 18.9 Å². The van der Waals surface area contributed by atoms with Gasteiger partial charge in [-0.25, -0.2) is 0 Å². The Morgan fingerprint density at radius 1 is 1.38 bits per heavy atom. The van der Waals surface area contributed by atoms with Crippen LogP contribution < -0.4 is 4.74 Å². The van der Waals surface area contributed by atoms with E-state index in [-0.39, 0.29) is 30.5 Å². The van der Waals surface area contributed by atoms with Gasteiger partial charge in [-0.3, -0.25) is 4.79 Å². The van der Waals surface area contributed by atoms with Crippen LogP contribution in [0, 0.1) is 11.3 Å². The summed E-state index contributed by atoms with van der Waals surface area (Å²) in [6, 6.07) is 6.90. The number of hydrogen-bond acceptors (Lipinski definition) is 3. The van der Waals surface area contributed by atoms with E-state index < -0.39 is 6.36 Å². The summed E-state index contributed by atoms with van der Waals surface area (Å²) in [4.78, 5) is 13.4. The molecule has 1 atom stereocenters. The van der Waals surface area contributed by atoms with Crippen LogP contribution in [0.2, 0.25) is 0 Å². The van der Waals surface area contributed by atoms with Crippen molar-refractivity contribution in [3.8, 4) is 11.8 Å². The first-order valence-corrected chi connectivity index (χ1v) is 6.20.